The van der Waals surface area contributed by atoms with Crippen molar-refractivity contribution in [3.63, 3.8) is 0 Å². The maximum Gasteiger partial charge on any atom is 0.254 e. The van der Waals surface area contributed by atoms with Gasteiger partial charge in [-0.2, -0.15) is 0 Å². The monoisotopic (exact) mass is 406 g/mol. The van der Waals surface area contributed by atoms with Crippen LogP contribution in [0.1, 0.15) is 15.9 Å². The van der Waals surface area contributed by atoms with Gasteiger partial charge in [0.1, 0.15) is 11.6 Å². The van der Waals surface area contributed by atoms with Crippen LogP contribution in [0.5, 0.6) is 5.75 Å². The first-order chi connectivity index (χ1) is 12.1. The zero-order valence-electron chi connectivity index (χ0n) is 14.0. The predicted molar refractivity (Wildman–Crippen MR) is 98.3 cm³/mol. The van der Waals surface area contributed by atoms with Crippen molar-refractivity contribution in [2.24, 2.45) is 0 Å². The van der Waals surface area contributed by atoms with Crippen molar-refractivity contribution < 1.29 is 13.9 Å². The van der Waals surface area contributed by atoms with E-state index in [1.807, 2.05) is 12.1 Å². The van der Waals surface area contributed by atoms with E-state index in [0.717, 1.165) is 29.9 Å². The second-order valence-electron chi connectivity index (χ2n) is 6.05. The van der Waals surface area contributed by atoms with Crippen LogP contribution in [-0.4, -0.2) is 49.0 Å². The van der Waals surface area contributed by atoms with E-state index in [-0.39, 0.29) is 11.7 Å². The van der Waals surface area contributed by atoms with Gasteiger partial charge >= 0.3 is 0 Å². The van der Waals surface area contributed by atoms with E-state index in [0.29, 0.717) is 18.7 Å². The number of carbonyl (C=O) groups excluding carboxylic acids is 1. The molecule has 0 bridgehead atoms. The summed E-state index contributed by atoms with van der Waals surface area (Å²) in [5, 5.41) is 0. The molecule has 0 unspecified atom stereocenters. The van der Waals surface area contributed by atoms with Crippen molar-refractivity contribution >= 4 is 21.8 Å². The number of hydrogen-bond acceptors (Lipinski definition) is 3. The number of rotatable bonds is 4. The molecule has 1 saturated heterocycles. The molecule has 6 heteroatoms. The molecule has 0 aromatic heterocycles. The van der Waals surface area contributed by atoms with Crippen LogP contribution in [0.2, 0.25) is 0 Å². The maximum absolute atomic E-state index is 13.3. The molecule has 0 atom stereocenters. The number of hydrogen-bond donors (Lipinski definition) is 0. The second kappa shape index (κ2) is 7.97. The van der Waals surface area contributed by atoms with Gasteiger partial charge in [-0.1, -0.05) is 12.1 Å². The Morgan fingerprint density at radius 2 is 1.92 bits per heavy atom. The van der Waals surface area contributed by atoms with Gasteiger partial charge in [-0.15, -0.1) is 0 Å². The van der Waals surface area contributed by atoms with Gasteiger partial charge in [-0.3, -0.25) is 9.69 Å². The zero-order valence-corrected chi connectivity index (χ0v) is 15.6. The summed E-state index contributed by atoms with van der Waals surface area (Å²) in [6.07, 6.45) is 0. The van der Waals surface area contributed by atoms with E-state index in [9.17, 15) is 9.18 Å². The lowest BCUT2D eigenvalue weighted by Gasteiger charge is -2.34. The minimum absolute atomic E-state index is 0.105. The molecular weight excluding hydrogens is 387 g/mol. The molecule has 0 aliphatic carbocycles. The highest BCUT2D eigenvalue weighted by Crippen LogP contribution is 2.26. The van der Waals surface area contributed by atoms with Crippen LogP contribution in [0.4, 0.5) is 4.39 Å². The largest absolute Gasteiger partial charge is 0.496 e. The van der Waals surface area contributed by atoms with Crippen LogP contribution in [0.25, 0.3) is 0 Å². The molecule has 25 heavy (non-hydrogen) atoms. The Labute approximate surface area is 155 Å². The number of halogens is 2. The molecule has 1 heterocycles. The second-order valence-corrected chi connectivity index (χ2v) is 6.90. The lowest BCUT2D eigenvalue weighted by atomic mass is 10.1. The van der Waals surface area contributed by atoms with Crippen molar-refractivity contribution in [1.82, 2.24) is 9.80 Å². The Kier molecular flexibility index (Phi) is 5.71. The van der Waals surface area contributed by atoms with Gasteiger partial charge in [0.15, 0.2) is 0 Å². The van der Waals surface area contributed by atoms with E-state index in [1.165, 1.54) is 17.7 Å². The van der Waals surface area contributed by atoms with Gasteiger partial charge in [-0.25, -0.2) is 4.39 Å². The van der Waals surface area contributed by atoms with E-state index in [4.69, 9.17) is 4.74 Å². The summed E-state index contributed by atoms with van der Waals surface area (Å²) < 4.78 is 19.5. The molecule has 0 saturated carbocycles. The number of ether oxygens (including phenoxy) is 1. The third-order valence-electron chi connectivity index (χ3n) is 4.35. The molecule has 2 aromatic rings. The molecule has 0 spiro atoms. The van der Waals surface area contributed by atoms with E-state index in [1.54, 1.807) is 24.1 Å². The topological polar surface area (TPSA) is 32.8 Å². The highest BCUT2D eigenvalue weighted by molar-refractivity contribution is 9.10. The summed E-state index contributed by atoms with van der Waals surface area (Å²) in [6, 6.07) is 11.9. The minimum atomic E-state index is -0.380. The van der Waals surface area contributed by atoms with E-state index >= 15 is 0 Å². The number of methoxy groups -OCH3 is 1. The summed E-state index contributed by atoms with van der Waals surface area (Å²) in [6.45, 7) is 3.71. The normalized spacial score (nSPS) is 15.2. The van der Waals surface area contributed by atoms with Crippen LogP contribution in [0, 0.1) is 5.82 Å². The number of piperazine rings is 1. The number of carbonyl (C=O) groups is 1. The predicted octanol–water partition coefficient (Wildman–Crippen LogP) is 3.55. The summed E-state index contributed by atoms with van der Waals surface area (Å²) in [5.74, 6) is 0.329. The lowest BCUT2D eigenvalue weighted by Crippen LogP contribution is -2.48. The highest BCUT2D eigenvalue weighted by Gasteiger charge is 2.22. The molecule has 1 amide bonds. The molecule has 1 aliphatic rings. The smallest absolute Gasteiger partial charge is 0.254 e. The Hall–Kier alpha value is -1.92. The quantitative estimate of drug-likeness (QED) is 0.777. The third kappa shape index (κ3) is 4.38. The summed E-state index contributed by atoms with van der Waals surface area (Å²) in [5.41, 5.74) is 1.60. The number of benzene rings is 2. The summed E-state index contributed by atoms with van der Waals surface area (Å²) in [7, 11) is 1.65. The Morgan fingerprint density at radius 1 is 1.16 bits per heavy atom. The van der Waals surface area contributed by atoms with Crippen molar-refractivity contribution in [1.29, 1.82) is 0 Å². The fraction of sp³-hybridized carbons (Fsp3) is 0.316. The fourth-order valence-corrected chi connectivity index (χ4v) is 3.57. The van der Waals surface area contributed by atoms with Crippen LogP contribution < -0.4 is 4.74 Å². The SMILES string of the molecule is COc1ccc(CN2CCN(C(=O)c3cccc(F)c3)CC2)cc1Br. The van der Waals surface area contributed by atoms with Crippen LogP contribution in [0.15, 0.2) is 46.9 Å². The summed E-state index contributed by atoms with van der Waals surface area (Å²) in [4.78, 5) is 16.5. The molecule has 3 rings (SSSR count). The third-order valence-corrected chi connectivity index (χ3v) is 4.97. The Morgan fingerprint density at radius 3 is 2.56 bits per heavy atom. The summed E-state index contributed by atoms with van der Waals surface area (Å²) >= 11 is 3.51. The molecule has 1 fully saturated rings. The first kappa shape index (κ1) is 17.9. The molecule has 1 aliphatic heterocycles. The standard InChI is InChI=1S/C19H20BrFN2O2/c1-25-18-6-5-14(11-17(18)20)13-22-7-9-23(10-8-22)19(24)15-3-2-4-16(21)12-15/h2-6,11-12H,7-10,13H2,1H3. The first-order valence-corrected chi connectivity index (χ1v) is 8.96. The maximum atomic E-state index is 13.3. The van der Waals surface area contributed by atoms with Crippen molar-refractivity contribution in [3.8, 4) is 5.75 Å². The van der Waals surface area contributed by atoms with E-state index in [2.05, 4.69) is 26.9 Å². The molecule has 0 N–H and O–H groups in total. The van der Waals surface area contributed by atoms with Crippen molar-refractivity contribution in [3.05, 3.63) is 63.9 Å². The van der Waals surface area contributed by atoms with Crippen LogP contribution >= 0.6 is 15.9 Å². The van der Waals surface area contributed by atoms with E-state index < -0.39 is 0 Å². The molecule has 0 radical (unpaired) electrons. The highest BCUT2D eigenvalue weighted by atomic mass is 79.9. The van der Waals surface area contributed by atoms with Crippen LogP contribution in [-0.2, 0) is 6.54 Å². The van der Waals surface area contributed by atoms with Crippen LogP contribution in [0.3, 0.4) is 0 Å². The molecular formula is C19H20BrFN2O2. The van der Waals surface area contributed by atoms with Gasteiger partial charge in [0.2, 0.25) is 0 Å². The number of amides is 1. The van der Waals surface area contributed by atoms with Gasteiger partial charge < -0.3 is 9.64 Å². The van der Waals surface area contributed by atoms with Gasteiger partial charge in [0.05, 0.1) is 11.6 Å². The molecule has 2 aromatic carbocycles. The van der Waals surface area contributed by atoms with Gasteiger partial charge in [0.25, 0.3) is 5.91 Å². The molecule has 4 nitrogen and oxygen atoms in total. The van der Waals surface area contributed by atoms with Crippen molar-refractivity contribution in [2.75, 3.05) is 33.3 Å². The fourth-order valence-electron chi connectivity index (χ4n) is 2.98. The molecule has 132 valence electrons. The van der Waals surface area contributed by atoms with Crippen molar-refractivity contribution in [2.45, 2.75) is 6.54 Å². The lowest BCUT2D eigenvalue weighted by molar-refractivity contribution is 0.0628. The zero-order chi connectivity index (χ0) is 17.8. The number of nitrogens with zero attached hydrogens (tertiary/aromatic N) is 2. The van der Waals surface area contributed by atoms with Gasteiger partial charge in [-0.05, 0) is 51.8 Å². The Balaban J connectivity index is 1.56. The first-order valence-electron chi connectivity index (χ1n) is 8.16. The average Bonchev–Trinajstić information content (AvgIpc) is 2.62. The van der Waals surface area contributed by atoms with Gasteiger partial charge in [0, 0.05) is 38.3 Å². The Bertz CT molecular complexity index is 761. The average molecular weight is 407 g/mol. The minimum Gasteiger partial charge on any atom is -0.496 e.